The van der Waals surface area contributed by atoms with Gasteiger partial charge in [-0.1, -0.05) is 75.3 Å². The number of benzene rings is 3. The van der Waals surface area contributed by atoms with Crippen LogP contribution in [0.2, 0.25) is 0 Å². The number of carbonyl (C=O) groups is 3. The van der Waals surface area contributed by atoms with Crippen molar-refractivity contribution in [1.29, 1.82) is 0 Å². The van der Waals surface area contributed by atoms with Crippen LogP contribution in [0.4, 0.5) is 9.59 Å². The molecule has 0 fully saturated rings. The Kier molecular flexibility index (Phi) is 15.9. The van der Waals surface area contributed by atoms with Crippen molar-refractivity contribution in [2.45, 2.75) is 67.2 Å². The van der Waals surface area contributed by atoms with Gasteiger partial charge in [0.05, 0.1) is 25.3 Å². The maximum absolute atomic E-state index is 12.4. The maximum atomic E-state index is 12.4. The van der Waals surface area contributed by atoms with Crippen molar-refractivity contribution in [2.75, 3.05) is 26.3 Å². The third-order valence-electron chi connectivity index (χ3n) is 7.73. The first-order chi connectivity index (χ1) is 24.8. The standard InChI is InChI=1S/C24H27N3O6.C15H23NO3/c1-16(2)14-32-24(30)27(13-22(28)29)17(3)18-9-11-20(12-10-18)31-15-21-25-23(33-26-21)19-7-5-4-6-8-19;1-5-16(15(18)19-10-11(2)3)12(4)13-6-8-14(17)9-7-13/h4-12,16-17H,13-15H2,1-3H3,(H,28,29);6-9,11-12,17H,5,10H2,1-4H3/t17-;12-/m00/s1. The summed E-state index contributed by atoms with van der Waals surface area (Å²) in [4.78, 5) is 42.9. The summed E-state index contributed by atoms with van der Waals surface area (Å²) in [5, 5.41) is 22.4. The molecule has 2 amide bonds. The highest BCUT2D eigenvalue weighted by atomic mass is 16.6. The Hall–Kier alpha value is -5.59. The summed E-state index contributed by atoms with van der Waals surface area (Å²) in [6, 6.07) is 22.8. The molecule has 2 N–H and O–H groups in total. The van der Waals surface area contributed by atoms with E-state index in [4.69, 9.17) is 18.7 Å². The lowest BCUT2D eigenvalue weighted by Crippen LogP contribution is -2.38. The molecule has 13 nitrogen and oxygen atoms in total. The molecule has 0 radical (unpaired) electrons. The Labute approximate surface area is 305 Å². The molecule has 0 spiro atoms. The fourth-order valence-electron chi connectivity index (χ4n) is 4.82. The number of hydrogen-bond donors (Lipinski definition) is 2. The highest BCUT2D eigenvalue weighted by Gasteiger charge is 2.26. The van der Waals surface area contributed by atoms with E-state index in [1.165, 1.54) is 4.90 Å². The number of ether oxygens (including phenoxy) is 3. The normalized spacial score (nSPS) is 11.9. The second kappa shape index (κ2) is 20.3. The quantitative estimate of drug-likeness (QED) is 0.122. The predicted octanol–water partition coefficient (Wildman–Crippen LogP) is 8.12. The van der Waals surface area contributed by atoms with Crippen molar-refractivity contribution in [2.24, 2.45) is 11.8 Å². The highest BCUT2D eigenvalue weighted by Crippen LogP contribution is 2.25. The van der Waals surface area contributed by atoms with Crippen LogP contribution in [-0.4, -0.2) is 74.6 Å². The molecule has 0 aliphatic heterocycles. The van der Waals surface area contributed by atoms with E-state index in [2.05, 4.69) is 10.1 Å². The van der Waals surface area contributed by atoms with E-state index in [1.54, 1.807) is 48.2 Å². The zero-order valence-electron chi connectivity index (χ0n) is 30.9. The molecule has 4 rings (SSSR count). The van der Waals surface area contributed by atoms with E-state index in [9.17, 15) is 24.6 Å². The van der Waals surface area contributed by atoms with E-state index in [0.29, 0.717) is 36.5 Å². The van der Waals surface area contributed by atoms with Crippen molar-refractivity contribution in [3.8, 4) is 23.0 Å². The first-order valence-electron chi connectivity index (χ1n) is 17.3. The Morgan fingerprint density at radius 3 is 1.79 bits per heavy atom. The number of aromatic nitrogens is 2. The molecule has 1 heterocycles. The van der Waals surface area contributed by atoms with Crippen molar-refractivity contribution in [3.63, 3.8) is 0 Å². The van der Waals surface area contributed by atoms with Gasteiger partial charge in [-0.15, -0.1) is 0 Å². The Balaban J connectivity index is 0.000000326. The molecule has 0 saturated carbocycles. The smallest absolute Gasteiger partial charge is 0.410 e. The van der Waals surface area contributed by atoms with Gasteiger partial charge < -0.3 is 33.8 Å². The average Bonchev–Trinajstić information content (AvgIpc) is 3.61. The van der Waals surface area contributed by atoms with Gasteiger partial charge in [0.2, 0.25) is 5.82 Å². The first kappa shape index (κ1) is 40.8. The third kappa shape index (κ3) is 12.9. The fraction of sp³-hybridized carbons (Fsp3) is 0.410. The van der Waals surface area contributed by atoms with E-state index in [0.717, 1.165) is 16.7 Å². The van der Waals surface area contributed by atoms with Gasteiger partial charge >= 0.3 is 18.2 Å². The average molecular weight is 719 g/mol. The zero-order valence-corrected chi connectivity index (χ0v) is 30.9. The van der Waals surface area contributed by atoms with Gasteiger partial charge in [0.1, 0.15) is 18.0 Å². The van der Waals surface area contributed by atoms with Gasteiger partial charge in [-0.25, -0.2) is 9.59 Å². The molecule has 0 aliphatic carbocycles. The number of phenolic OH excluding ortho intramolecular Hbond substituents is 1. The highest BCUT2D eigenvalue weighted by molar-refractivity contribution is 5.77. The van der Waals surface area contributed by atoms with Crippen molar-refractivity contribution in [3.05, 3.63) is 95.8 Å². The monoisotopic (exact) mass is 718 g/mol. The molecule has 52 heavy (non-hydrogen) atoms. The summed E-state index contributed by atoms with van der Waals surface area (Å²) in [5.41, 5.74) is 2.55. The number of amides is 2. The van der Waals surface area contributed by atoms with Crippen LogP contribution in [-0.2, 0) is 20.9 Å². The van der Waals surface area contributed by atoms with Crippen LogP contribution in [0, 0.1) is 11.8 Å². The largest absolute Gasteiger partial charge is 0.508 e. The van der Waals surface area contributed by atoms with Gasteiger partial charge in [-0.05, 0) is 80.1 Å². The molecule has 280 valence electrons. The molecule has 0 saturated heterocycles. The van der Waals surface area contributed by atoms with Gasteiger partial charge in [0.15, 0.2) is 6.61 Å². The summed E-state index contributed by atoms with van der Waals surface area (Å²) < 4.78 is 21.5. The number of nitrogens with zero attached hydrogens (tertiary/aromatic N) is 4. The lowest BCUT2D eigenvalue weighted by atomic mass is 10.1. The van der Waals surface area contributed by atoms with Crippen LogP contribution < -0.4 is 4.74 Å². The Bertz CT molecular complexity index is 1680. The van der Waals surface area contributed by atoms with Gasteiger partial charge in [-0.3, -0.25) is 9.69 Å². The number of phenols is 1. The number of carboxylic acid groups (broad SMARTS) is 1. The zero-order chi connectivity index (χ0) is 38.2. The van der Waals surface area contributed by atoms with E-state index in [1.807, 2.05) is 84.0 Å². The number of carboxylic acids is 1. The van der Waals surface area contributed by atoms with Crippen LogP contribution in [0.3, 0.4) is 0 Å². The van der Waals surface area contributed by atoms with Crippen LogP contribution in [0.1, 0.15) is 77.5 Å². The minimum Gasteiger partial charge on any atom is -0.508 e. The van der Waals surface area contributed by atoms with Gasteiger partial charge in [0.25, 0.3) is 5.89 Å². The SMILES string of the molecule is CC(C)COC(=O)N(CC(=O)O)[C@@H](C)c1ccc(OCc2noc(-c3ccccc3)n2)cc1.CCN(C(=O)OCC(C)C)[C@@H](C)c1ccc(O)cc1. The number of aromatic hydroxyl groups is 1. The molecule has 0 unspecified atom stereocenters. The second-order valence-electron chi connectivity index (χ2n) is 12.9. The lowest BCUT2D eigenvalue weighted by molar-refractivity contribution is -0.138. The third-order valence-corrected chi connectivity index (χ3v) is 7.73. The van der Waals surface area contributed by atoms with Crippen molar-refractivity contribution < 1.29 is 43.3 Å². The van der Waals surface area contributed by atoms with Gasteiger partial charge in [0, 0.05) is 12.1 Å². The molecule has 0 bridgehead atoms. The fourth-order valence-corrected chi connectivity index (χ4v) is 4.82. The molecular formula is C39H50N4O9. The summed E-state index contributed by atoms with van der Waals surface area (Å²) >= 11 is 0. The predicted molar refractivity (Wildman–Crippen MR) is 195 cm³/mol. The van der Waals surface area contributed by atoms with E-state index in [-0.39, 0.29) is 37.0 Å². The molecule has 4 aromatic rings. The van der Waals surface area contributed by atoms with Crippen molar-refractivity contribution in [1.82, 2.24) is 19.9 Å². The minimum atomic E-state index is -1.11. The minimum absolute atomic E-state index is 0.0785. The Morgan fingerprint density at radius 2 is 1.27 bits per heavy atom. The van der Waals surface area contributed by atoms with Crippen LogP contribution in [0.25, 0.3) is 11.5 Å². The number of rotatable bonds is 15. The van der Waals surface area contributed by atoms with Crippen LogP contribution in [0.15, 0.2) is 83.4 Å². The van der Waals surface area contributed by atoms with Gasteiger partial charge in [-0.2, -0.15) is 4.98 Å². The number of aliphatic carboxylic acids is 1. The Morgan fingerprint density at radius 1 is 0.750 bits per heavy atom. The maximum Gasteiger partial charge on any atom is 0.410 e. The topological polar surface area (TPSA) is 165 Å². The summed E-state index contributed by atoms with van der Waals surface area (Å²) in [6.07, 6.45) is -0.956. The molecular weight excluding hydrogens is 668 g/mol. The molecule has 0 aliphatic rings. The first-order valence-corrected chi connectivity index (χ1v) is 17.3. The van der Waals surface area contributed by atoms with E-state index < -0.39 is 24.6 Å². The second-order valence-corrected chi connectivity index (χ2v) is 12.9. The molecule has 13 heteroatoms. The lowest BCUT2D eigenvalue weighted by Gasteiger charge is -2.28. The molecule has 3 aromatic carbocycles. The van der Waals surface area contributed by atoms with Crippen molar-refractivity contribution >= 4 is 18.2 Å². The summed E-state index contributed by atoms with van der Waals surface area (Å²) in [6.45, 7) is 14.4. The van der Waals surface area contributed by atoms with Crippen LogP contribution >= 0.6 is 0 Å². The molecule has 1 aromatic heterocycles. The summed E-state index contributed by atoms with van der Waals surface area (Å²) in [7, 11) is 0. The number of hydrogen-bond acceptors (Lipinski definition) is 10. The number of carbonyl (C=O) groups excluding carboxylic acids is 2. The van der Waals surface area contributed by atoms with E-state index >= 15 is 0 Å². The molecule has 2 atom stereocenters. The van der Waals surface area contributed by atoms with Crippen LogP contribution in [0.5, 0.6) is 11.5 Å². The summed E-state index contributed by atoms with van der Waals surface area (Å²) in [5.74, 6) is 0.985.